The molecule has 4 heterocycles. The second kappa shape index (κ2) is 26.1. The lowest BCUT2D eigenvalue weighted by atomic mass is 9.72. The number of methoxy groups -OCH3 is 4. The van der Waals surface area contributed by atoms with E-state index in [1.807, 2.05) is 46.7 Å². The Morgan fingerprint density at radius 3 is 2.09 bits per heavy atom. The zero-order valence-electron chi connectivity index (χ0n) is 48.5. The van der Waals surface area contributed by atoms with E-state index >= 15 is 0 Å². The van der Waals surface area contributed by atoms with Gasteiger partial charge in [-0.05, 0) is 105 Å². The van der Waals surface area contributed by atoms with Gasteiger partial charge < -0.3 is 82.4 Å². The van der Waals surface area contributed by atoms with Crippen LogP contribution in [0.1, 0.15) is 101 Å². The van der Waals surface area contributed by atoms with E-state index in [2.05, 4.69) is 5.32 Å². The summed E-state index contributed by atoms with van der Waals surface area (Å²) in [4.78, 5) is 43.4. The second-order valence-electron chi connectivity index (χ2n) is 22.8. The SMILES string of the molecule is CC[C@H]1OC(=O)[C@H](C)[C@@H](O[C@H]2C[C@@](C)(OC)[C@@H](O)[C@H](C)O2)[C@H](C)[C@@H](O[C@@H]2O[C@H](C)C[C@H](N(C)C)[C@H]2O)[C@](C)(OC)C[C@@H](C)C(NCCC(=O)Oc2ccc(-c3cc(=O)c4c(OC)cc(OC)cc4o3)cc2)[C@H](C)[C@@H](O)[C@]1(C)O. The molecule has 20 nitrogen and oxygen atoms in total. The van der Waals surface area contributed by atoms with Crippen LogP contribution in [0.5, 0.6) is 17.2 Å². The lowest BCUT2D eigenvalue weighted by Gasteiger charge is -2.50. The number of aliphatic hydroxyl groups is 4. The first-order valence-electron chi connectivity index (χ1n) is 27.3. The minimum atomic E-state index is -1.97. The van der Waals surface area contributed by atoms with Gasteiger partial charge in [-0.25, -0.2) is 0 Å². The highest BCUT2D eigenvalue weighted by Crippen LogP contribution is 2.43. The largest absolute Gasteiger partial charge is 0.496 e. The number of carbonyl (C=O) groups excluding carboxylic acids is 2. The molecule has 1 aromatic heterocycles. The summed E-state index contributed by atoms with van der Waals surface area (Å²) in [7, 11) is 9.78. The molecule has 20 heteroatoms. The molecule has 0 amide bonds. The van der Waals surface area contributed by atoms with E-state index in [1.165, 1.54) is 34.3 Å². The average molecular weight is 1100 g/mol. The van der Waals surface area contributed by atoms with Gasteiger partial charge >= 0.3 is 11.9 Å². The lowest BCUT2D eigenvalue weighted by Crippen LogP contribution is -2.62. The Bertz CT molecular complexity index is 2520. The Balaban J connectivity index is 1.31. The number of hydrogen-bond donors (Lipinski definition) is 5. The number of rotatable bonds is 16. The molecule has 2 aromatic carbocycles. The molecular weight excluding hydrogens is 1010 g/mol. The molecule has 0 saturated carbocycles. The van der Waals surface area contributed by atoms with Gasteiger partial charge in [0.25, 0.3) is 0 Å². The first kappa shape index (κ1) is 62.9. The Morgan fingerprint density at radius 1 is 0.821 bits per heavy atom. The fraction of sp³-hybridized carbons (Fsp3) is 0.707. The monoisotopic (exact) mass is 1100 g/mol. The zero-order valence-corrected chi connectivity index (χ0v) is 48.5. The van der Waals surface area contributed by atoms with Crippen molar-refractivity contribution in [3.8, 4) is 28.6 Å². The predicted molar refractivity (Wildman–Crippen MR) is 289 cm³/mol. The molecule has 3 fully saturated rings. The summed E-state index contributed by atoms with van der Waals surface area (Å²) in [5, 5.41) is 51.5. The van der Waals surface area contributed by atoms with E-state index in [4.69, 9.17) is 51.8 Å². The highest BCUT2D eigenvalue weighted by Gasteiger charge is 2.54. The molecule has 0 spiro atoms. The lowest BCUT2D eigenvalue weighted by molar-refractivity contribution is -0.319. The molecule has 3 aliphatic rings. The summed E-state index contributed by atoms with van der Waals surface area (Å²) >= 11 is 0. The maximum Gasteiger partial charge on any atom is 0.312 e. The van der Waals surface area contributed by atoms with Gasteiger partial charge in [0.2, 0.25) is 0 Å². The van der Waals surface area contributed by atoms with Crippen molar-refractivity contribution in [3.05, 3.63) is 52.7 Å². The molecular formula is C58H88N2O18. The Hall–Kier alpha value is -4.29. The van der Waals surface area contributed by atoms with Gasteiger partial charge in [-0.2, -0.15) is 0 Å². The van der Waals surface area contributed by atoms with E-state index in [9.17, 15) is 34.8 Å². The summed E-state index contributed by atoms with van der Waals surface area (Å²) in [6.45, 7) is 17.9. The quantitative estimate of drug-likeness (QED) is 0.0863. The van der Waals surface area contributed by atoms with Crippen molar-refractivity contribution < 1.29 is 81.8 Å². The highest BCUT2D eigenvalue weighted by atomic mass is 16.7. The van der Waals surface area contributed by atoms with Crippen LogP contribution in [0.15, 0.2) is 51.7 Å². The van der Waals surface area contributed by atoms with Crippen LogP contribution in [0.2, 0.25) is 0 Å². The summed E-state index contributed by atoms with van der Waals surface area (Å²) in [6.07, 6.45) is -9.05. The van der Waals surface area contributed by atoms with Crippen molar-refractivity contribution in [2.24, 2.45) is 23.7 Å². The Morgan fingerprint density at radius 2 is 1.49 bits per heavy atom. The van der Waals surface area contributed by atoms with Gasteiger partial charge in [-0.1, -0.05) is 27.7 Å². The minimum absolute atomic E-state index is 0.0841. The molecule has 78 heavy (non-hydrogen) atoms. The molecule has 0 radical (unpaired) electrons. The fourth-order valence-corrected chi connectivity index (χ4v) is 12.0. The van der Waals surface area contributed by atoms with E-state index < -0.39 is 114 Å². The topological polar surface area (TPSA) is 253 Å². The third kappa shape index (κ3) is 13.7. The number of likely N-dealkylation sites (N-methyl/N-ethyl adjacent to an activating group) is 1. The normalized spacial score (nSPS) is 37.4. The van der Waals surface area contributed by atoms with Gasteiger partial charge in [0.15, 0.2) is 18.0 Å². The van der Waals surface area contributed by atoms with E-state index in [-0.39, 0.29) is 72.3 Å². The van der Waals surface area contributed by atoms with Crippen LogP contribution >= 0.6 is 0 Å². The fourth-order valence-electron chi connectivity index (χ4n) is 12.0. The average Bonchev–Trinajstić information content (AvgIpc) is 3.46. The Labute approximate surface area is 459 Å². The maximum absolute atomic E-state index is 14.7. The summed E-state index contributed by atoms with van der Waals surface area (Å²) in [5.41, 5.74) is -3.78. The zero-order chi connectivity index (χ0) is 57.8. The molecule has 3 saturated heterocycles. The van der Waals surface area contributed by atoms with Crippen LogP contribution in [-0.4, -0.2) is 177 Å². The van der Waals surface area contributed by atoms with Crippen molar-refractivity contribution in [3.63, 3.8) is 0 Å². The highest BCUT2D eigenvalue weighted by molar-refractivity contribution is 5.86. The molecule has 6 rings (SSSR count). The molecule has 0 aliphatic carbocycles. The number of nitrogens with one attached hydrogen (secondary N) is 1. The molecule has 0 bridgehead atoms. The van der Waals surface area contributed by atoms with Gasteiger partial charge in [0, 0.05) is 74.9 Å². The molecule has 438 valence electrons. The summed E-state index contributed by atoms with van der Waals surface area (Å²) in [5.74, 6) is -2.92. The van der Waals surface area contributed by atoms with Gasteiger partial charge in [0.05, 0.1) is 68.3 Å². The number of hydrogen-bond acceptors (Lipinski definition) is 20. The summed E-state index contributed by atoms with van der Waals surface area (Å²) in [6, 6.07) is 10.2. The van der Waals surface area contributed by atoms with Crippen molar-refractivity contribution >= 4 is 22.9 Å². The van der Waals surface area contributed by atoms with Gasteiger partial charge in [0.1, 0.15) is 57.9 Å². The third-order valence-corrected chi connectivity index (χ3v) is 16.9. The van der Waals surface area contributed by atoms with Crippen LogP contribution < -0.4 is 25.0 Å². The molecule has 1 unspecified atom stereocenters. The molecule has 5 N–H and O–H groups in total. The van der Waals surface area contributed by atoms with Crippen molar-refractivity contribution in [2.75, 3.05) is 49.1 Å². The number of cyclic esters (lactones) is 1. The number of fused-ring (bicyclic) bond motifs is 1. The van der Waals surface area contributed by atoms with Crippen molar-refractivity contribution in [2.45, 2.75) is 192 Å². The second-order valence-corrected chi connectivity index (χ2v) is 22.8. The maximum atomic E-state index is 14.7. The number of ether oxygens (including phenoxy) is 10. The number of benzene rings is 2. The summed E-state index contributed by atoms with van der Waals surface area (Å²) < 4.78 is 67.9. The molecule has 3 aliphatic heterocycles. The van der Waals surface area contributed by atoms with E-state index in [0.29, 0.717) is 23.5 Å². The molecule has 19 atom stereocenters. The molecule has 3 aromatic rings. The van der Waals surface area contributed by atoms with Crippen LogP contribution in [0.25, 0.3) is 22.3 Å². The standard InChI is InChI=1S/C58H88N2O18/c1-17-44-58(10,67)51(64)32(4)48(59-23-22-45(62)74-37-20-18-36(19-21-37)41-27-40(61)47-42(69-14)25-38(68-13)26-43(47)75-41)30(2)28-57(9,71-16)53(78-55-49(63)39(60(11)12)24-31(3)72-55)33(5)50(34(6)54(66)76-44)77-46-29-56(8,70-15)52(65)35(7)73-46/h18-21,25-27,30-35,39,44,46,48-53,55,59,63-65,67H,17,22-24,28-29H2,1-16H3/t30-,31-,32+,33+,34-,35+,39+,44-,46+,48?,49-,50+,51-,52+,53-,55+,56-,57-,58-/m1/s1. The van der Waals surface area contributed by atoms with Crippen LogP contribution in [0.4, 0.5) is 0 Å². The third-order valence-electron chi connectivity index (χ3n) is 16.9. The van der Waals surface area contributed by atoms with Gasteiger partial charge in [-0.15, -0.1) is 0 Å². The number of carbonyl (C=O) groups is 2. The smallest absolute Gasteiger partial charge is 0.312 e. The van der Waals surface area contributed by atoms with Gasteiger partial charge in [-0.3, -0.25) is 14.4 Å². The first-order chi connectivity index (χ1) is 36.7. The Kier molecular flexibility index (Phi) is 21.0. The van der Waals surface area contributed by atoms with E-state index in [1.54, 1.807) is 78.1 Å². The van der Waals surface area contributed by atoms with Crippen molar-refractivity contribution in [1.82, 2.24) is 10.2 Å². The predicted octanol–water partition coefficient (Wildman–Crippen LogP) is 5.62. The number of esters is 2. The van der Waals surface area contributed by atoms with Crippen molar-refractivity contribution in [1.29, 1.82) is 0 Å². The van der Waals surface area contributed by atoms with Crippen LogP contribution in [-0.2, 0) is 42.7 Å². The number of aliphatic hydroxyl groups excluding tert-OH is 3. The minimum Gasteiger partial charge on any atom is -0.496 e. The van der Waals surface area contributed by atoms with Crippen LogP contribution in [0.3, 0.4) is 0 Å². The van der Waals surface area contributed by atoms with E-state index in [0.717, 1.165) is 0 Å². The number of nitrogens with zero attached hydrogens (tertiary/aromatic N) is 1. The first-order valence-corrected chi connectivity index (χ1v) is 27.3. The van der Waals surface area contributed by atoms with Crippen LogP contribution in [0, 0.1) is 23.7 Å².